The molecule has 0 bridgehead atoms. The zero-order chi connectivity index (χ0) is 17.7. The highest BCUT2D eigenvalue weighted by Crippen LogP contribution is 2.29. The molecule has 1 aromatic carbocycles. The highest BCUT2D eigenvalue weighted by atomic mass is 16.5. The molecule has 4 nitrogen and oxygen atoms in total. The molecule has 24 heavy (non-hydrogen) atoms. The van der Waals surface area contributed by atoms with Crippen molar-refractivity contribution in [1.29, 1.82) is 0 Å². The lowest BCUT2D eigenvalue weighted by Gasteiger charge is -2.34. The first-order valence-corrected chi connectivity index (χ1v) is 8.95. The van der Waals surface area contributed by atoms with Gasteiger partial charge in [-0.15, -0.1) is 0 Å². The number of rotatable bonds is 5. The molecule has 2 rings (SSSR count). The normalized spacial score (nSPS) is 23.8. The van der Waals surface area contributed by atoms with Crippen molar-refractivity contribution in [2.24, 2.45) is 11.8 Å². The van der Waals surface area contributed by atoms with E-state index in [-0.39, 0.29) is 18.6 Å². The smallest absolute Gasteiger partial charge is 0.338 e. The van der Waals surface area contributed by atoms with Gasteiger partial charge in [-0.25, -0.2) is 4.79 Å². The first-order valence-electron chi connectivity index (χ1n) is 8.95. The van der Waals surface area contributed by atoms with Crippen LogP contribution in [0.2, 0.25) is 0 Å². The molecule has 0 radical (unpaired) electrons. The summed E-state index contributed by atoms with van der Waals surface area (Å²) in [5.74, 6) is 0.826. The van der Waals surface area contributed by atoms with Crippen LogP contribution in [0.3, 0.4) is 0 Å². The predicted molar refractivity (Wildman–Crippen MR) is 94.9 cm³/mol. The van der Waals surface area contributed by atoms with E-state index >= 15 is 0 Å². The van der Waals surface area contributed by atoms with E-state index in [1.165, 1.54) is 12.0 Å². The minimum Gasteiger partial charge on any atom is -0.452 e. The van der Waals surface area contributed by atoms with Crippen LogP contribution in [0.5, 0.6) is 0 Å². The summed E-state index contributed by atoms with van der Waals surface area (Å²) < 4.78 is 5.14. The maximum atomic E-state index is 12.1. The summed E-state index contributed by atoms with van der Waals surface area (Å²) in [6, 6.07) is 7.53. The van der Waals surface area contributed by atoms with Gasteiger partial charge >= 0.3 is 5.97 Å². The second-order valence-electron chi connectivity index (χ2n) is 7.29. The molecular formula is C20H29NO3. The molecule has 1 amide bonds. The largest absolute Gasteiger partial charge is 0.452 e. The fourth-order valence-electron chi connectivity index (χ4n) is 3.25. The Balaban J connectivity index is 1.81. The predicted octanol–water partition coefficient (Wildman–Crippen LogP) is 3.91. The summed E-state index contributed by atoms with van der Waals surface area (Å²) in [5, 5.41) is 3.01. The lowest BCUT2D eigenvalue weighted by molar-refractivity contribution is -0.125. The summed E-state index contributed by atoms with van der Waals surface area (Å²) in [6.45, 7) is 8.39. The van der Waals surface area contributed by atoms with Crippen LogP contribution in [0.25, 0.3) is 0 Å². The Kier molecular flexibility index (Phi) is 6.41. The minimum absolute atomic E-state index is 0.185. The quantitative estimate of drug-likeness (QED) is 0.832. The van der Waals surface area contributed by atoms with E-state index in [9.17, 15) is 9.59 Å². The van der Waals surface area contributed by atoms with Crippen molar-refractivity contribution in [2.75, 3.05) is 6.61 Å². The fraction of sp³-hybridized carbons (Fsp3) is 0.600. The lowest BCUT2D eigenvalue weighted by atomic mass is 9.78. The number of ether oxygens (including phenoxy) is 1. The molecule has 1 aromatic rings. The van der Waals surface area contributed by atoms with E-state index in [1.54, 1.807) is 12.1 Å². The average molecular weight is 331 g/mol. The Morgan fingerprint density at radius 2 is 1.83 bits per heavy atom. The van der Waals surface area contributed by atoms with E-state index in [1.807, 2.05) is 12.1 Å². The Morgan fingerprint density at radius 1 is 1.17 bits per heavy atom. The molecule has 0 spiro atoms. The lowest BCUT2D eigenvalue weighted by Crippen LogP contribution is -2.45. The second kappa shape index (κ2) is 8.32. The summed E-state index contributed by atoms with van der Waals surface area (Å²) in [6.07, 6.45) is 3.36. The molecule has 0 heterocycles. The van der Waals surface area contributed by atoms with Crippen molar-refractivity contribution >= 4 is 11.9 Å². The third-order valence-corrected chi connectivity index (χ3v) is 5.20. The Labute approximate surface area is 145 Å². The van der Waals surface area contributed by atoms with Crippen LogP contribution in [-0.2, 0) is 9.53 Å². The van der Waals surface area contributed by atoms with Crippen LogP contribution in [-0.4, -0.2) is 24.5 Å². The molecule has 3 unspecified atom stereocenters. The van der Waals surface area contributed by atoms with Gasteiger partial charge in [-0.05, 0) is 41.9 Å². The fourth-order valence-corrected chi connectivity index (χ4v) is 3.25. The summed E-state index contributed by atoms with van der Waals surface area (Å²) >= 11 is 0. The third-order valence-electron chi connectivity index (χ3n) is 5.20. The Morgan fingerprint density at radius 3 is 2.46 bits per heavy atom. The molecule has 1 aliphatic carbocycles. The molecule has 1 saturated carbocycles. The molecule has 3 atom stereocenters. The zero-order valence-electron chi connectivity index (χ0n) is 15.2. The third kappa shape index (κ3) is 4.83. The van der Waals surface area contributed by atoms with E-state index in [0.29, 0.717) is 23.3 Å². The van der Waals surface area contributed by atoms with Crippen LogP contribution in [0.1, 0.15) is 68.8 Å². The molecule has 0 aliphatic heterocycles. The van der Waals surface area contributed by atoms with E-state index in [0.717, 1.165) is 12.8 Å². The number of esters is 1. The maximum absolute atomic E-state index is 12.1. The molecule has 0 aromatic heterocycles. The van der Waals surface area contributed by atoms with Crippen molar-refractivity contribution in [3.8, 4) is 0 Å². The number of carbonyl (C=O) groups is 2. The number of nitrogens with one attached hydrogen (secondary N) is 1. The zero-order valence-corrected chi connectivity index (χ0v) is 15.2. The van der Waals surface area contributed by atoms with Gasteiger partial charge in [0.25, 0.3) is 5.91 Å². The SMILES string of the molecule is CC(C)c1ccc(C(=O)OCC(=O)NC2CCCC(C)C2C)cc1. The number of amides is 1. The van der Waals surface area contributed by atoms with Crippen molar-refractivity contribution in [3.63, 3.8) is 0 Å². The van der Waals surface area contributed by atoms with Crippen molar-refractivity contribution in [3.05, 3.63) is 35.4 Å². The van der Waals surface area contributed by atoms with E-state index < -0.39 is 5.97 Å². The van der Waals surface area contributed by atoms with Gasteiger partial charge in [0, 0.05) is 6.04 Å². The first-order chi connectivity index (χ1) is 11.4. The second-order valence-corrected chi connectivity index (χ2v) is 7.29. The summed E-state index contributed by atoms with van der Waals surface area (Å²) in [7, 11) is 0. The van der Waals surface area contributed by atoms with Gasteiger partial charge in [-0.3, -0.25) is 4.79 Å². The van der Waals surface area contributed by atoms with Gasteiger partial charge in [0.1, 0.15) is 0 Å². The van der Waals surface area contributed by atoms with Gasteiger partial charge < -0.3 is 10.1 Å². The topological polar surface area (TPSA) is 55.4 Å². The van der Waals surface area contributed by atoms with Crippen LogP contribution in [0.4, 0.5) is 0 Å². The van der Waals surface area contributed by atoms with Gasteiger partial charge in [0.2, 0.25) is 0 Å². The number of hydrogen-bond acceptors (Lipinski definition) is 3. The van der Waals surface area contributed by atoms with Crippen LogP contribution < -0.4 is 5.32 Å². The van der Waals surface area contributed by atoms with Crippen LogP contribution in [0, 0.1) is 11.8 Å². The monoisotopic (exact) mass is 331 g/mol. The average Bonchev–Trinajstić information content (AvgIpc) is 2.57. The molecule has 1 N–H and O–H groups in total. The molecule has 1 fully saturated rings. The van der Waals surface area contributed by atoms with Crippen LogP contribution >= 0.6 is 0 Å². The molecule has 1 aliphatic rings. The number of carbonyl (C=O) groups excluding carboxylic acids is 2. The summed E-state index contributed by atoms with van der Waals surface area (Å²) in [5.41, 5.74) is 1.65. The van der Waals surface area contributed by atoms with E-state index in [2.05, 4.69) is 33.0 Å². The first kappa shape index (κ1) is 18.5. The van der Waals surface area contributed by atoms with Crippen LogP contribution in [0.15, 0.2) is 24.3 Å². The number of hydrogen-bond donors (Lipinski definition) is 1. The van der Waals surface area contributed by atoms with Crippen molar-refractivity contribution in [1.82, 2.24) is 5.32 Å². The van der Waals surface area contributed by atoms with Gasteiger partial charge in [0.05, 0.1) is 5.56 Å². The van der Waals surface area contributed by atoms with Gasteiger partial charge in [-0.2, -0.15) is 0 Å². The Hall–Kier alpha value is -1.84. The van der Waals surface area contributed by atoms with E-state index in [4.69, 9.17) is 4.74 Å². The molecular weight excluding hydrogens is 302 g/mol. The molecule has 0 saturated heterocycles. The maximum Gasteiger partial charge on any atom is 0.338 e. The minimum atomic E-state index is -0.453. The molecule has 132 valence electrons. The highest BCUT2D eigenvalue weighted by Gasteiger charge is 2.28. The standard InChI is InChI=1S/C20H29NO3/c1-13(2)16-8-10-17(11-9-16)20(23)24-12-19(22)21-18-7-5-6-14(3)15(18)4/h8-11,13-15,18H,5-7,12H2,1-4H3,(H,21,22). The van der Waals surface area contributed by atoms with Crippen molar-refractivity contribution < 1.29 is 14.3 Å². The van der Waals surface area contributed by atoms with Crippen molar-refractivity contribution in [2.45, 2.75) is 58.9 Å². The van der Waals surface area contributed by atoms with Gasteiger partial charge in [0.15, 0.2) is 6.61 Å². The Bertz CT molecular complexity index is 565. The summed E-state index contributed by atoms with van der Waals surface area (Å²) in [4.78, 5) is 24.1. The highest BCUT2D eigenvalue weighted by molar-refractivity contribution is 5.91. The molecule has 4 heteroatoms. The number of benzene rings is 1. The van der Waals surface area contributed by atoms with Gasteiger partial charge in [-0.1, -0.05) is 52.7 Å².